The fraction of sp³-hybridized carbons (Fsp3) is 0.296. The molecule has 3 aromatic rings. The molecule has 0 spiro atoms. The molecule has 0 radical (unpaired) electrons. The van der Waals surface area contributed by atoms with Crippen LogP contribution in [0.1, 0.15) is 27.7 Å². The number of hydrogen-bond donors (Lipinski definition) is 0. The van der Waals surface area contributed by atoms with Crippen LogP contribution in [0.15, 0.2) is 77.4 Å². The van der Waals surface area contributed by atoms with E-state index in [-0.39, 0.29) is 5.43 Å². The van der Waals surface area contributed by atoms with Crippen molar-refractivity contribution >= 4 is 16.2 Å². The van der Waals surface area contributed by atoms with E-state index >= 15 is 0 Å². The van der Waals surface area contributed by atoms with Gasteiger partial charge in [0.2, 0.25) is 0 Å². The average Bonchev–Trinajstić information content (AvgIpc) is 3.25. The predicted octanol–water partition coefficient (Wildman–Crippen LogP) is 7.74. The van der Waals surface area contributed by atoms with Crippen LogP contribution in [0.2, 0.25) is 13.1 Å². The second kappa shape index (κ2) is 11.7. The third-order valence-electron chi connectivity index (χ3n) is 5.32. The van der Waals surface area contributed by atoms with Crippen molar-refractivity contribution in [2.24, 2.45) is 5.92 Å². The molecule has 3 heteroatoms. The van der Waals surface area contributed by atoms with Gasteiger partial charge in [-0.15, -0.1) is 53.6 Å². The minimum atomic E-state index is 0.210. The zero-order valence-electron chi connectivity index (χ0n) is 19.3. The Hall–Kier alpha value is -1.57. The van der Waals surface area contributed by atoms with Crippen LogP contribution in [0.25, 0.3) is 21.9 Å². The van der Waals surface area contributed by atoms with Gasteiger partial charge in [-0.05, 0) is 12.1 Å². The zero-order chi connectivity index (χ0) is 22.3. The van der Waals surface area contributed by atoms with E-state index < -0.39 is 0 Å². The summed E-state index contributed by atoms with van der Waals surface area (Å²) in [5.41, 5.74) is 6.97. The number of benzene rings is 2. The Morgan fingerprint density at radius 2 is 1.60 bits per heavy atom. The molecule has 0 N–H and O–H groups in total. The fourth-order valence-electron chi connectivity index (χ4n) is 3.33. The number of hydrogen-bond acceptors (Lipinski definition) is 1. The quantitative estimate of drug-likeness (QED) is 0.263. The second-order valence-electron chi connectivity index (χ2n) is 7.86. The molecular weight excluding hydrogens is 460 g/mol. The van der Waals surface area contributed by atoms with E-state index in [4.69, 9.17) is 4.74 Å². The van der Waals surface area contributed by atoms with Crippen molar-refractivity contribution in [3.05, 3.63) is 83.5 Å². The van der Waals surface area contributed by atoms with Gasteiger partial charge in [-0.1, -0.05) is 50.5 Å². The Kier molecular flexibility index (Phi) is 9.65. The van der Waals surface area contributed by atoms with E-state index in [1.165, 1.54) is 38.6 Å². The average molecular weight is 492 g/mol. The van der Waals surface area contributed by atoms with E-state index in [2.05, 4.69) is 95.4 Å². The molecular formula is C27H32OSiZr. The molecule has 0 aromatic heterocycles. The molecule has 154 valence electrons. The van der Waals surface area contributed by atoms with Gasteiger partial charge in [0, 0.05) is 0 Å². The summed E-state index contributed by atoms with van der Waals surface area (Å²) in [5.74, 6) is 1.45. The van der Waals surface area contributed by atoms with Crippen LogP contribution in [0.5, 0.6) is 5.75 Å². The molecule has 3 aromatic carbocycles. The Bertz CT molecular complexity index is 1050. The first-order chi connectivity index (χ1) is 14.2. The molecule has 0 amide bonds. The third-order valence-corrected chi connectivity index (χ3v) is 5.32. The van der Waals surface area contributed by atoms with Crippen molar-refractivity contribution in [3.63, 3.8) is 0 Å². The van der Waals surface area contributed by atoms with Gasteiger partial charge in [0.15, 0.2) is 0 Å². The molecule has 1 unspecified atom stereocenters. The number of ether oxygens (including phenoxy) is 1. The van der Waals surface area contributed by atoms with E-state index in [1.807, 2.05) is 12.1 Å². The molecule has 0 saturated heterocycles. The van der Waals surface area contributed by atoms with Gasteiger partial charge in [-0.25, -0.2) is 5.57 Å². The Labute approximate surface area is 197 Å². The normalized spacial score (nSPS) is 15.1. The summed E-state index contributed by atoms with van der Waals surface area (Å²) in [5, 5.41) is 2.59. The molecule has 1 atom stereocenters. The molecule has 0 aliphatic heterocycles. The molecule has 0 heterocycles. The molecule has 4 rings (SSSR count). The fourth-order valence-corrected chi connectivity index (χ4v) is 3.33. The van der Waals surface area contributed by atoms with Gasteiger partial charge in [-0.3, -0.25) is 6.08 Å². The maximum atomic E-state index is 5.17. The first-order valence-corrected chi connectivity index (χ1v) is 16.5. The third kappa shape index (κ3) is 6.72. The second-order valence-corrected chi connectivity index (χ2v) is 17.2. The Balaban J connectivity index is 0.000000207. The van der Waals surface area contributed by atoms with Gasteiger partial charge >= 0.3 is 41.9 Å². The zero-order valence-corrected chi connectivity index (χ0v) is 22.7. The standard InChI is InChI=1S/C16H13O.C9H13.C2H6Si.Zr/c1-17-14-9-6-13(7-10-14)16-11-8-12-4-2-3-5-15(12)16;1-6-5-7(2)9(4)8(6)3;1-3-2;/h2-11H,1H3;6H,1-4H3;1-2H3;/q2*-1;;+2. The van der Waals surface area contributed by atoms with Crippen LogP contribution in [-0.4, -0.2) is 12.5 Å². The van der Waals surface area contributed by atoms with Crippen LogP contribution >= 0.6 is 0 Å². The molecule has 0 saturated carbocycles. The maximum absolute atomic E-state index is 5.17. The van der Waals surface area contributed by atoms with Crippen molar-refractivity contribution in [2.45, 2.75) is 40.8 Å². The van der Waals surface area contributed by atoms with Crippen LogP contribution in [0.3, 0.4) is 0 Å². The van der Waals surface area contributed by atoms with Crippen molar-refractivity contribution in [2.75, 3.05) is 7.11 Å². The van der Waals surface area contributed by atoms with Crippen molar-refractivity contribution in [1.82, 2.24) is 0 Å². The summed E-state index contributed by atoms with van der Waals surface area (Å²) in [4.78, 5) is 0. The summed E-state index contributed by atoms with van der Waals surface area (Å²) in [7, 11) is 1.69. The van der Waals surface area contributed by atoms with E-state index in [0.717, 1.165) is 5.75 Å². The minimum absolute atomic E-state index is 0.210. The Morgan fingerprint density at radius 3 is 2.07 bits per heavy atom. The monoisotopic (exact) mass is 490 g/mol. The number of methoxy groups -OCH3 is 1. The SMILES string of the molecule is CC1=[C-]C(C)C(C)=C1C.COc1ccc(-c2c[cH-]c3ccccc23)cc1.C[Si](C)=[Zr+2]. The van der Waals surface area contributed by atoms with E-state index in [9.17, 15) is 0 Å². The van der Waals surface area contributed by atoms with Gasteiger partial charge in [0.25, 0.3) is 0 Å². The first kappa shape index (κ1) is 24.7. The summed E-state index contributed by atoms with van der Waals surface area (Å²) in [6.45, 7) is 13.3. The predicted molar refractivity (Wildman–Crippen MR) is 129 cm³/mol. The van der Waals surface area contributed by atoms with E-state index in [1.54, 1.807) is 30.4 Å². The van der Waals surface area contributed by atoms with Gasteiger partial charge in [-0.2, -0.15) is 11.1 Å². The van der Waals surface area contributed by atoms with Gasteiger partial charge < -0.3 is 4.74 Å². The summed E-state index contributed by atoms with van der Waals surface area (Å²) in [6.07, 6.45) is 3.36. The number of fused-ring (bicyclic) bond motifs is 1. The summed E-state index contributed by atoms with van der Waals surface area (Å²) in [6, 6.07) is 21.0. The van der Waals surface area contributed by atoms with Crippen molar-refractivity contribution < 1.29 is 28.1 Å². The number of allylic oxidation sites excluding steroid dienone is 4. The number of rotatable bonds is 2. The summed E-state index contributed by atoms with van der Waals surface area (Å²) >= 11 is 1.74. The van der Waals surface area contributed by atoms with Crippen LogP contribution < -0.4 is 4.74 Å². The molecule has 1 aliphatic carbocycles. The van der Waals surface area contributed by atoms with Crippen LogP contribution in [0.4, 0.5) is 0 Å². The molecule has 0 bridgehead atoms. The Morgan fingerprint density at radius 1 is 1.00 bits per heavy atom. The van der Waals surface area contributed by atoms with Crippen LogP contribution in [0, 0.1) is 12.0 Å². The van der Waals surface area contributed by atoms with Crippen molar-refractivity contribution in [1.29, 1.82) is 0 Å². The van der Waals surface area contributed by atoms with E-state index in [0.29, 0.717) is 5.92 Å². The topological polar surface area (TPSA) is 9.23 Å². The van der Waals surface area contributed by atoms with Gasteiger partial charge in [0.05, 0.1) is 7.11 Å². The molecule has 1 aliphatic rings. The molecule has 1 nitrogen and oxygen atoms in total. The molecule has 0 fully saturated rings. The first-order valence-electron chi connectivity index (χ1n) is 10.3. The van der Waals surface area contributed by atoms with Crippen molar-refractivity contribution in [3.8, 4) is 16.9 Å². The molecule has 30 heavy (non-hydrogen) atoms. The van der Waals surface area contributed by atoms with Gasteiger partial charge in [0.1, 0.15) is 5.75 Å². The summed E-state index contributed by atoms with van der Waals surface area (Å²) < 4.78 is 5.17. The van der Waals surface area contributed by atoms with Crippen LogP contribution in [-0.2, 0) is 23.3 Å².